The molecule has 9 aromatic carbocycles. The molecule has 6 nitrogen and oxygen atoms in total. The van der Waals surface area contributed by atoms with Gasteiger partial charge in [-0.2, -0.15) is 0 Å². The van der Waals surface area contributed by atoms with Gasteiger partial charge >= 0.3 is 0 Å². The molecular weight excluding hydrogens is 762 g/mol. The van der Waals surface area contributed by atoms with Gasteiger partial charge in [0.25, 0.3) is 13.4 Å². The van der Waals surface area contributed by atoms with E-state index in [1.165, 1.54) is 10.9 Å². The molecule has 0 radical (unpaired) electrons. The van der Waals surface area contributed by atoms with Crippen molar-refractivity contribution in [2.24, 2.45) is 0 Å². The van der Waals surface area contributed by atoms with E-state index in [0.717, 1.165) is 123 Å². The standard InChI is InChI=1S/C54H30B2N2O4/c1-3-15-31(16-4-1)59-45-29-47-51-53-49(45)33-19-7-11-23-39(33)57(53)41-28-42-38(27-37(41)55(51)35-21-9-13-25-43(35)61-47)56-36-22-10-14-26-44(36)62-48-30-46(60-32-17-5-2-6-18-32)50-34-20-8-12-24-40(34)58(42)54(50)52(48)56/h1-30H. The summed E-state index contributed by atoms with van der Waals surface area (Å²) in [5, 5.41) is 4.40. The van der Waals surface area contributed by atoms with E-state index >= 15 is 0 Å². The molecule has 0 saturated carbocycles. The number of para-hydroxylation sites is 6. The zero-order valence-corrected chi connectivity index (χ0v) is 33.0. The van der Waals surface area contributed by atoms with Crippen molar-refractivity contribution in [3.05, 3.63) is 182 Å². The lowest BCUT2D eigenvalue weighted by atomic mass is 9.31. The van der Waals surface area contributed by atoms with E-state index in [-0.39, 0.29) is 13.4 Å². The lowest BCUT2D eigenvalue weighted by Gasteiger charge is -2.37. The van der Waals surface area contributed by atoms with Crippen LogP contribution in [0.3, 0.4) is 0 Å². The van der Waals surface area contributed by atoms with Crippen LogP contribution in [0.2, 0.25) is 0 Å². The second kappa shape index (κ2) is 11.8. The minimum Gasteiger partial charge on any atom is -0.458 e. The molecule has 286 valence electrons. The lowest BCUT2D eigenvalue weighted by Crippen LogP contribution is -2.62. The van der Waals surface area contributed by atoms with Gasteiger partial charge in [0, 0.05) is 34.3 Å². The minimum absolute atomic E-state index is 0.0978. The first-order valence-electron chi connectivity index (χ1n) is 21.1. The Morgan fingerprint density at radius 1 is 0.371 bits per heavy atom. The van der Waals surface area contributed by atoms with Gasteiger partial charge in [0.05, 0.1) is 32.8 Å². The van der Waals surface area contributed by atoms with Crippen molar-refractivity contribution in [3.63, 3.8) is 0 Å². The third-order valence-corrected chi connectivity index (χ3v) is 13.5. The van der Waals surface area contributed by atoms with Crippen molar-refractivity contribution < 1.29 is 18.9 Å². The third kappa shape index (κ3) is 4.16. The molecule has 0 atom stereocenters. The van der Waals surface area contributed by atoms with Crippen molar-refractivity contribution in [1.29, 1.82) is 0 Å². The van der Waals surface area contributed by atoms with E-state index in [4.69, 9.17) is 18.9 Å². The van der Waals surface area contributed by atoms with E-state index in [2.05, 4.69) is 130 Å². The van der Waals surface area contributed by atoms with Crippen LogP contribution in [0.1, 0.15) is 0 Å². The molecule has 8 heteroatoms. The van der Waals surface area contributed by atoms with Gasteiger partial charge in [-0.15, -0.1) is 0 Å². The summed E-state index contributed by atoms with van der Waals surface area (Å²) in [6.45, 7) is -0.196. The molecule has 0 aliphatic carbocycles. The highest BCUT2D eigenvalue weighted by Gasteiger charge is 2.46. The van der Waals surface area contributed by atoms with Crippen molar-refractivity contribution in [1.82, 2.24) is 9.13 Å². The number of ether oxygens (including phenoxy) is 4. The van der Waals surface area contributed by atoms with E-state index in [0.29, 0.717) is 0 Å². The Morgan fingerprint density at radius 3 is 1.27 bits per heavy atom. The molecule has 4 aliphatic rings. The van der Waals surface area contributed by atoms with Crippen LogP contribution in [0, 0.1) is 0 Å². The van der Waals surface area contributed by atoms with Crippen molar-refractivity contribution in [2.75, 3.05) is 0 Å². The van der Waals surface area contributed by atoms with Crippen LogP contribution < -0.4 is 51.7 Å². The zero-order chi connectivity index (χ0) is 40.2. The largest absolute Gasteiger partial charge is 0.458 e. The number of hydrogen-bond acceptors (Lipinski definition) is 4. The predicted octanol–water partition coefficient (Wildman–Crippen LogP) is 9.34. The van der Waals surface area contributed by atoms with Crippen molar-refractivity contribution in [2.45, 2.75) is 0 Å². The van der Waals surface area contributed by atoms with Crippen LogP contribution in [0.5, 0.6) is 46.0 Å². The van der Waals surface area contributed by atoms with Crippen LogP contribution >= 0.6 is 0 Å². The molecule has 0 spiro atoms. The summed E-state index contributed by atoms with van der Waals surface area (Å²) >= 11 is 0. The summed E-state index contributed by atoms with van der Waals surface area (Å²) in [7, 11) is 0. The Balaban J connectivity index is 1.10. The Hall–Kier alpha value is -8.09. The Labute approximate surface area is 355 Å². The number of benzene rings is 9. The number of fused-ring (bicyclic) bond motifs is 16. The second-order valence-corrected chi connectivity index (χ2v) is 16.7. The molecule has 0 amide bonds. The third-order valence-electron chi connectivity index (χ3n) is 13.5. The van der Waals surface area contributed by atoms with Gasteiger partial charge in [-0.05, 0) is 87.4 Å². The van der Waals surface area contributed by atoms with Crippen molar-refractivity contribution >= 4 is 89.8 Å². The maximum absolute atomic E-state index is 6.91. The fourth-order valence-corrected chi connectivity index (χ4v) is 11.2. The summed E-state index contributed by atoms with van der Waals surface area (Å²) in [6, 6.07) is 63.8. The Morgan fingerprint density at radius 2 is 0.790 bits per heavy atom. The number of hydrogen-bond donors (Lipinski definition) is 0. The van der Waals surface area contributed by atoms with E-state index in [1.807, 2.05) is 60.7 Å². The number of rotatable bonds is 4. The molecule has 4 aliphatic heterocycles. The molecular formula is C54H30B2N2O4. The average Bonchev–Trinajstić information content (AvgIpc) is 3.86. The molecule has 6 heterocycles. The summed E-state index contributed by atoms with van der Waals surface area (Å²) in [4.78, 5) is 0. The summed E-state index contributed by atoms with van der Waals surface area (Å²) in [5.74, 6) is 6.43. The van der Waals surface area contributed by atoms with E-state index < -0.39 is 0 Å². The average molecular weight is 792 g/mol. The van der Waals surface area contributed by atoms with Gasteiger partial charge < -0.3 is 28.1 Å². The van der Waals surface area contributed by atoms with Gasteiger partial charge in [0.1, 0.15) is 46.0 Å². The monoisotopic (exact) mass is 792 g/mol. The molecule has 62 heavy (non-hydrogen) atoms. The highest BCUT2D eigenvalue weighted by molar-refractivity contribution is 7.02. The quantitative estimate of drug-likeness (QED) is 0.167. The predicted molar refractivity (Wildman–Crippen MR) is 250 cm³/mol. The van der Waals surface area contributed by atoms with Gasteiger partial charge in [0.15, 0.2) is 0 Å². The molecule has 0 saturated heterocycles. The summed E-state index contributed by atoms with van der Waals surface area (Å²) < 4.78 is 32.4. The number of nitrogens with zero attached hydrogens (tertiary/aromatic N) is 2. The topological polar surface area (TPSA) is 46.8 Å². The SMILES string of the molecule is c1ccc(Oc2cc3c4c5c2c2ccccc2n5-c2cc5c(cc2B4c2ccccc2O3)B2c3ccccc3Oc3cc(Oc4ccccc4)c4c6ccccc6n-5c4c32)cc1. The number of aromatic nitrogens is 2. The molecule has 2 aromatic heterocycles. The Kier molecular flexibility index (Phi) is 6.23. The minimum atomic E-state index is -0.0978. The molecule has 11 aromatic rings. The fraction of sp³-hybridized carbons (Fsp3) is 0. The van der Waals surface area contributed by atoms with Crippen LogP contribution in [-0.4, -0.2) is 22.6 Å². The molecule has 0 fully saturated rings. The van der Waals surface area contributed by atoms with E-state index in [9.17, 15) is 0 Å². The molecule has 0 bridgehead atoms. The molecule has 0 unspecified atom stereocenters. The van der Waals surface area contributed by atoms with Crippen LogP contribution in [-0.2, 0) is 0 Å². The van der Waals surface area contributed by atoms with Crippen molar-refractivity contribution in [3.8, 4) is 57.4 Å². The van der Waals surface area contributed by atoms with Gasteiger partial charge in [0.2, 0.25) is 0 Å². The fourth-order valence-electron chi connectivity index (χ4n) is 11.2. The summed E-state index contributed by atoms with van der Waals surface area (Å²) in [6.07, 6.45) is 0. The van der Waals surface area contributed by atoms with Crippen LogP contribution in [0.25, 0.3) is 55.0 Å². The van der Waals surface area contributed by atoms with Gasteiger partial charge in [-0.25, -0.2) is 0 Å². The Bertz CT molecular complexity index is 3540. The zero-order valence-electron chi connectivity index (χ0n) is 33.0. The second-order valence-electron chi connectivity index (χ2n) is 16.7. The van der Waals surface area contributed by atoms with E-state index in [1.54, 1.807) is 0 Å². The van der Waals surface area contributed by atoms with Crippen LogP contribution in [0.4, 0.5) is 0 Å². The first-order valence-corrected chi connectivity index (χ1v) is 21.1. The highest BCUT2D eigenvalue weighted by atomic mass is 16.5. The normalized spacial score (nSPS) is 13.4. The maximum atomic E-state index is 6.91. The first kappa shape index (κ1) is 32.7. The molecule has 0 N–H and O–H groups in total. The summed E-state index contributed by atoms with van der Waals surface area (Å²) in [5.41, 5.74) is 13.8. The van der Waals surface area contributed by atoms with Gasteiger partial charge in [-0.3, -0.25) is 0 Å². The van der Waals surface area contributed by atoms with Crippen LogP contribution in [0.15, 0.2) is 182 Å². The smallest absolute Gasteiger partial charge is 0.256 e. The maximum Gasteiger partial charge on any atom is 0.256 e. The lowest BCUT2D eigenvalue weighted by molar-refractivity contribution is 0.466. The molecule has 15 rings (SSSR count). The highest BCUT2D eigenvalue weighted by Crippen LogP contribution is 2.47. The van der Waals surface area contributed by atoms with Gasteiger partial charge in [-0.1, -0.05) is 115 Å². The first-order chi connectivity index (χ1) is 30.8.